The van der Waals surface area contributed by atoms with E-state index in [9.17, 15) is 4.79 Å². The highest BCUT2D eigenvalue weighted by Crippen LogP contribution is 2.24. The zero-order chi connectivity index (χ0) is 16.1. The molecule has 5 nitrogen and oxygen atoms in total. The van der Waals surface area contributed by atoms with Crippen molar-refractivity contribution in [2.45, 2.75) is 20.4 Å². The molecule has 2 aromatic rings. The first-order valence-corrected chi connectivity index (χ1v) is 7.49. The number of carbonyl (C=O) groups is 1. The molecule has 1 heterocycles. The van der Waals surface area contributed by atoms with Gasteiger partial charge in [0.05, 0.1) is 16.9 Å². The zero-order valence-electron chi connectivity index (χ0n) is 13.7. The largest absolute Gasteiger partial charge is 0.324 e. The third-order valence-corrected chi connectivity index (χ3v) is 3.35. The third kappa shape index (κ3) is 4.51. The molecule has 0 atom stereocenters. The van der Waals surface area contributed by atoms with Crippen LogP contribution in [-0.4, -0.2) is 43.0 Å². The lowest BCUT2D eigenvalue weighted by Crippen LogP contribution is -2.26. The van der Waals surface area contributed by atoms with Gasteiger partial charge in [0.2, 0.25) is 5.91 Å². The summed E-state index contributed by atoms with van der Waals surface area (Å²) in [6, 6.07) is 8.13. The lowest BCUT2D eigenvalue weighted by atomic mass is 10.1. The second-order valence-corrected chi connectivity index (χ2v) is 5.85. The summed E-state index contributed by atoms with van der Waals surface area (Å²) in [5.41, 5.74) is 3.70. The van der Waals surface area contributed by atoms with E-state index in [1.165, 1.54) is 6.92 Å². The van der Waals surface area contributed by atoms with Crippen molar-refractivity contribution in [1.29, 1.82) is 0 Å². The number of aromatic nitrogens is 1. The van der Waals surface area contributed by atoms with Gasteiger partial charge in [-0.2, -0.15) is 0 Å². The van der Waals surface area contributed by atoms with Crippen molar-refractivity contribution in [3.05, 3.63) is 35.5 Å². The van der Waals surface area contributed by atoms with Crippen LogP contribution in [0.25, 0.3) is 10.9 Å². The molecule has 0 saturated heterocycles. The fraction of sp³-hybridized carbons (Fsp3) is 0.412. The van der Waals surface area contributed by atoms with E-state index in [0.717, 1.165) is 47.5 Å². The van der Waals surface area contributed by atoms with Crippen LogP contribution >= 0.6 is 0 Å². The van der Waals surface area contributed by atoms with E-state index in [2.05, 4.69) is 41.8 Å². The summed E-state index contributed by atoms with van der Waals surface area (Å²) in [4.78, 5) is 18.2. The Bertz CT molecular complexity index is 667. The summed E-state index contributed by atoms with van der Waals surface area (Å²) in [6.07, 6.45) is 0. The number of hydrogen-bond acceptors (Lipinski definition) is 4. The number of benzene rings is 1. The number of carbonyl (C=O) groups excluding carboxylic acids is 1. The van der Waals surface area contributed by atoms with Crippen molar-refractivity contribution in [1.82, 2.24) is 15.2 Å². The standard InChI is InChI=1S/C17H24N4O/c1-12-9-14-5-6-15(11-18-7-8-21(3)4)20-17(14)16(10-12)19-13(2)22/h5-6,9-10,18H,7-8,11H2,1-4H3,(H,19,22). The highest BCUT2D eigenvalue weighted by Gasteiger charge is 2.07. The third-order valence-electron chi connectivity index (χ3n) is 3.35. The van der Waals surface area contributed by atoms with E-state index in [-0.39, 0.29) is 5.91 Å². The maximum Gasteiger partial charge on any atom is 0.221 e. The first kappa shape index (κ1) is 16.4. The van der Waals surface area contributed by atoms with E-state index in [1.54, 1.807) is 0 Å². The minimum absolute atomic E-state index is 0.0804. The predicted octanol–water partition coefficient (Wildman–Crippen LogP) is 2.15. The van der Waals surface area contributed by atoms with Gasteiger partial charge < -0.3 is 15.5 Å². The maximum absolute atomic E-state index is 11.4. The highest BCUT2D eigenvalue weighted by molar-refractivity contribution is 5.99. The maximum atomic E-state index is 11.4. The molecule has 0 bridgehead atoms. The van der Waals surface area contributed by atoms with Crippen molar-refractivity contribution in [2.24, 2.45) is 0 Å². The van der Waals surface area contributed by atoms with Crippen LogP contribution in [0.3, 0.4) is 0 Å². The Morgan fingerprint density at radius 1 is 1.27 bits per heavy atom. The average molecular weight is 300 g/mol. The van der Waals surface area contributed by atoms with Crippen LogP contribution in [0.1, 0.15) is 18.2 Å². The van der Waals surface area contributed by atoms with Crippen LogP contribution in [-0.2, 0) is 11.3 Å². The second-order valence-electron chi connectivity index (χ2n) is 5.85. The molecule has 22 heavy (non-hydrogen) atoms. The minimum Gasteiger partial charge on any atom is -0.324 e. The molecule has 0 unspecified atom stereocenters. The first-order chi connectivity index (χ1) is 10.5. The second kappa shape index (κ2) is 7.33. The number of anilines is 1. The SMILES string of the molecule is CC(=O)Nc1cc(C)cc2ccc(CNCCN(C)C)nc12. The summed E-state index contributed by atoms with van der Waals surface area (Å²) in [7, 11) is 4.11. The molecule has 2 rings (SSSR count). The highest BCUT2D eigenvalue weighted by atomic mass is 16.1. The Balaban J connectivity index is 2.20. The molecule has 1 aromatic carbocycles. The van der Waals surface area contributed by atoms with Gasteiger partial charge in [-0.1, -0.05) is 6.07 Å². The first-order valence-electron chi connectivity index (χ1n) is 7.49. The molecule has 5 heteroatoms. The summed E-state index contributed by atoms with van der Waals surface area (Å²) in [5.74, 6) is -0.0804. The smallest absolute Gasteiger partial charge is 0.221 e. The molecule has 0 aliphatic rings. The molecule has 0 aliphatic carbocycles. The van der Waals surface area contributed by atoms with Crippen molar-refractivity contribution in [3.8, 4) is 0 Å². The van der Waals surface area contributed by atoms with Crippen molar-refractivity contribution >= 4 is 22.5 Å². The van der Waals surface area contributed by atoms with Gasteiger partial charge in [-0.15, -0.1) is 0 Å². The molecule has 118 valence electrons. The Morgan fingerprint density at radius 3 is 2.73 bits per heavy atom. The number of amides is 1. The van der Waals surface area contributed by atoms with Crippen molar-refractivity contribution in [2.75, 3.05) is 32.5 Å². The van der Waals surface area contributed by atoms with E-state index in [1.807, 2.05) is 19.1 Å². The van der Waals surface area contributed by atoms with E-state index < -0.39 is 0 Å². The molecule has 0 saturated carbocycles. The molecular weight excluding hydrogens is 276 g/mol. The summed E-state index contributed by atoms with van der Waals surface area (Å²) in [6.45, 7) is 6.16. The van der Waals surface area contributed by atoms with Crippen molar-refractivity contribution in [3.63, 3.8) is 0 Å². The Hall–Kier alpha value is -1.98. The minimum atomic E-state index is -0.0804. The molecule has 0 spiro atoms. The van der Waals surface area contributed by atoms with Crippen molar-refractivity contribution < 1.29 is 4.79 Å². The van der Waals surface area contributed by atoms with E-state index in [0.29, 0.717) is 0 Å². The van der Waals surface area contributed by atoms with Gasteiger partial charge >= 0.3 is 0 Å². The topological polar surface area (TPSA) is 57.3 Å². The number of likely N-dealkylation sites (N-methyl/N-ethyl adjacent to an activating group) is 1. The number of nitrogens with one attached hydrogen (secondary N) is 2. The van der Waals surface area contributed by atoms with Crippen LogP contribution in [0.5, 0.6) is 0 Å². The fourth-order valence-corrected chi connectivity index (χ4v) is 2.33. The molecular formula is C17H24N4O. The molecule has 0 aliphatic heterocycles. The van der Waals surface area contributed by atoms with Crippen LogP contribution < -0.4 is 10.6 Å². The van der Waals surface area contributed by atoms with E-state index in [4.69, 9.17) is 4.98 Å². The lowest BCUT2D eigenvalue weighted by molar-refractivity contribution is -0.114. The van der Waals surface area contributed by atoms with Gasteiger partial charge in [-0.05, 0) is 44.8 Å². The average Bonchev–Trinajstić information content (AvgIpc) is 2.43. The quantitative estimate of drug-likeness (QED) is 0.803. The fourth-order valence-electron chi connectivity index (χ4n) is 2.33. The molecule has 0 radical (unpaired) electrons. The Labute approximate surface area is 131 Å². The number of aryl methyl sites for hydroxylation is 1. The number of rotatable bonds is 6. The summed E-state index contributed by atoms with van der Waals surface area (Å²) < 4.78 is 0. The molecule has 0 fully saturated rings. The van der Waals surface area contributed by atoms with Crippen LogP contribution in [0.2, 0.25) is 0 Å². The van der Waals surface area contributed by atoms with Gasteiger partial charge in [-0.3, -0.25) is 4.79 Å². The molecule has 1 amide bonds. The lowest BCUT2D eigenvalue weighted by Gasteiger charge is -2.12. The van der Waals surface area contributed by atoms with Crippen LogP contribution in [0, 0.1) is 6.92 Å². The number of pyridine rings is 1. The number of fused-ring (bicyclic) bond motifs is 1. The summed E-state index contributed by atoms with van der Waals surface area (Å²) >= 11 is 0. The van der Waals surface area contributed by atoms with Gasteiger partial charge in [-0.25, -0.2) is 4.98 Å². The molecule has 2 N–H and O–H groups in total. The van der Waals surface area contributed by atoms with Gasteiger partial charge in [0, 0.05) is 31.9 Å². The normalized spacial score (nSPS) is 11.1. The van der Waals surface area contributed by atoms with Gasteiger partial charge in [0.1, 0.15) is 0 Å². The number of hydrogen-bond donors (Lipinski definition) is 2. The molecule has 1 aromatic heterocycles. The predicted molar refractivity (Wildman–Crippen MR) is 91.0 cm³/mol. The van der Waals surface area contributed by atoms with Gasteiger partial charge in [0.15, 0.2) is 0 Å². The van der Waals surface area contributed by atoms with Crippen LogP contribution in [0.15, 0.2) is 24.3 Å². The van der Waals surface area contributed by atoms with Crippen LogP contribution in [0.4, 0.5) is 5.69 Å². The summed E-state index contributed by atoms with van der Waals surface area (Å²) in [5, 5.41) is 7.29. The van der Waals surface area contributed by atoms with E-state index >= 15 is 0 Å². The number of nitrogens with zero attached hydrogens (tertiary/aromatic N) is 2. The Kier molecular flexibility index (Phi) is 5.46. The van der Waals surface area contributed by atoms with Gasteiger partial charge in [0.25, 0.3) is 0 Å². The monoisotopic (exact) mass is 300 g/mol. The zero-order valence-corrected chi connectivity index (χ0v) is 13.7. The Morgan fingerprint density at radius 2 is 2.05 bits per heavy atom.